The van der Waals surface area contributed by atoms with Gasteiger partial charge in [-0.1, -0.05) is 6.07 Å². The molecule has 1 atom stereocenters. The lowest BCUT2D eigenvalue weighted by atomic mass is 10.1. The van der Waals surface area contributed by atoms with Crippen molar-refractivity contribution in [3.05, 3.63) is 28.0 Å². The van der Waals surface area contributed by atoms with Crippen LogP contribution in [0.2, 0.25) is 0 Å². The van der Waals surface area contributed by atoms with Gasteiger partial charge in [0, 0.05) is 33.4 Å². The summed E-state index contributed by atoms with van der Waals surface area (Å²) < 4.78 is 25.2. The predicted molar refractivity (Wildman–Crippen MR) is 82.6 cm³/mol. The van der Waals surface area contributed by atoms with Crippen molar-refractivity contribution in [2.24, 2.45) is 5.73 Å². The average Bonchev–Trinajstić information content (AvgIpc) is 2.44. The molecule has 0 amide bonds. The molecular weight excluding hydrogens is 327 g/mol. The minimum atomic E-state index is -0.299. The van der Waals surface area contributed by atoms with Gasteiger partial charge in [-0.2, -0.15) is 0 Å². The zero-order chi connectivity index (χ0) is 15.1. The Morgan fingerprint density at radius 3 is 2.60 bits per heavy atom. The normalized spacial score (nSPS) is 12.5. The molecule has 0 aromatic heterocycles. The summed E-state index contributed by atoms with van der Waals surface area (Å²) in [5.74, 6) is -0.299. The predicted octanol–water partition coefficient (Wildman–Crippen LogP) is 2.53. The summed E-state index contributed by atoms with van der Waals surface area (Å²) >= 11 is 3.27. The van der Waals surface area contributed by atoms with E-state index >= 15 is 0 Å². The second-order valence-electron chi connectivity index (χ2n) is 4.57. The van der Waals surface area contributed by atoms with Gasteiger partial charge in [0.25, 0.3) is 0 Å². The standard InChI is InChI=1S/C14H22BrFN2O2/c1-10(9-20-3)18(6-7-19-2)12-5-4-11(8-17)13(15)14(12)16/h4-5,10H,6-9,17H2,1-3H3. The summed E-state index contributed by atoms with van der Waals surface area (Å²) in [6.45, 7) is 3.91. The Morgan fingerprint density at radius 1 is 1.35 bits per heavy atom. The maximum absolute atomic E-state index is 14.5. The van der Waals surface area contributed by atoms with Crippen LogP contribution in [0.15, 0.2) is 16.6 Å². The number of ether oxygens (including phenoxy) is 2. The number of nitrogens with zero attached hydrogens (tertiary/aromatic N) is 1. The van der Waals surface area contributed by atoms with E-state index in [4.69, 9.17) is 15.2 Å². The van der Waals surface area contributed by atoms with Gasteiger partial charge in [0.2, 0.25) is 0 Å². The SMILES string of the molecule is COCCN(c1ccc(CN)c(Br)c1F)C(C)COC. The molecule has 6 heteroatoms. The number of benzene rings is 1. The fraction of sp³-hybridized carbons (Fsp3) is 0.571. The van der Waals surface area contributed by atoms with Gasteiger partial charge >= 0.3 is 0 Å². The summed E-state index contributed by atoms with van der Waals surface area (Å²) in [6, 6.07) is 3.63. The van der Waals surface area contributed by atoms with Crippen LogP contribution >= 0.6 is 15.9 Å². The van der Waals surface area contributed by atoms with E-state index in [-0.39, 0.29) is 11.9 Å². The summed E-state index contributed by atoms with van der Waals surface area (Å²) in [7, 11) is 3.26. The highest BCUT2D eigenvalue weighted by Crippen LogP contribution is 2.30. The van der Waals surface area contributed by atoms with Crippen LogP contribution in [0.3, 0.4) is 0 Å². The van der Waals surface area contributed by atoms with Crippen molar-refractivity contribution >= 4 is 21.6 Å². The smallest absolute Gasteiger partial charge is 0.160 e. The summed E-state index contributed by atoms with van der Waals surface area (Å²) in [4.78, 5) is 1.94. The molecule has 0 aliphatic carbocycles. The third-order valence-electron chi connectivity index (χ3n) is 3.15. The molecule has 0 radical (unpaired) electrons. The quantitative estimate of drug-likeness (QED) is 0.784. The second-order valence-corrected chi connectivity index (χ2v) is 5.36. The molecule has 0 saturated carbocycles. The number of methoxy groups -OCH3 is 2. The maximum atomic E-state index is 14.5. The van der Waals surface area contributed by atoms with Gasteiger partial charge in [-0.05, 0) is 34.5 Å². The van der Waals surface area contributed by atoms with E-state index in [0.717, 1.165) is 5.56 Å². The number of rotatable bonds is 8. The van der Waals surface area contributed by atoms with Crippen LogP contribution in [0.4, 0.5) is 10.1 Å². The molecule has 0 aliphatic rings. The molecule has 0 heterocycles. The lowest BCUT2D eigenvalue weighted by molar-refractivity contribution is 0.170. The summed E-state index contributed by atoms with van der Waals surface area (Å²) in [5.41, 5.74) is 6.85. The molecule has 4 nitrogen and oxygen atoms in total. The first-order chi connectivity index (χ1) is 9.56. The van der Waals surface area contributed by atoms with Crippen molar-refractivity contribution in [1.29, 1.82) is 0 Å². The van der Waals surface area contributed by atoms with Gasteiger partial charge < -0.3 is 20.1 Å². The zero-order valence-electron chi connectivity index (χ0n) is 12.2. The highest BCUT2D eigenvalue weighted by atomic mass is 79.9. The van der Waals surface area contributed by atoms with Gasteiger partial charge in [-0.15, -0.1) is 0 Å². The van der Waals surface area contributed by atoms with E-state index < -0.39 is 0 Å². The van der Waals surface area contributed by atoms with Crippen molar-refractivity contribution in [2.75, 3.05) is 38.9 Å². The van der Waals surface area contributed by atoms with E-state index in [2.05, 4.69) is 15.9 Å². The van der Waals surface area contributed by atoms with Gasteiger partial charge in [0.05, 0.1) is 23.4 Å². The molecule has 0 saturated heterocycles. The van der Waals surface area contributed by atoms with E-state index in [0.29, 0.717) is 36.5 Å². The minimum Gasteiger partial charge on any atom is -0.383 e. The first-order valence-electron chi connectivity index (χ1n) is 6.48. The topological polar surface area (TPSA) is 47.7 Å². The Labute approximate surface area is 128 Å². The highest BCUT2D eigenvalue weighted by Gasteiger charge is 2.20. The molecule has 0 spiro atoms. The molecule has 114 valence electrons. The van der Waals surface area contributed by atoms with Crippen LogP contribution in [0.5, 0.6) is 0 Å². The molecule has 0 fully saturated rings. The van der Waals surface area contributed by atoms with Crippen molar-refractivity contribution < 1.29 is 13.9 Å². The van der Waals surface area contributed by atoms with Crippen LogP contribution < -0.4 is 10.6 Å². The Balaban J connectivity index is 3.09. The Kier molecular flexibility index (Phi) is 7.43. The summed E-state index contributed by atoms with van der Waals surface area (Å²) in [6.07, 6.45) is 0. The molecular formula is C14H22BrFN2O2. The lowest BCUT2D eigenvalue weighted by Gasteiger charge is -2.31. The molecule has 1 rings (SSSR count). The lowest BCUT2D eigenvalue weighted by Crippen LogP contribution is -2.39. The first kappa shape index (κ1) is 17.4. The number of halogens is 2. The maximum Gasteiger partial charge on any atom is 0.160 e. The molecule has 1 unspecified atom stereocenters. The minimum absolute atomic E-state index is 0.0419. The second kappa shape index (κ2) is 8.56. The van der Waals surface area contributed by atoms with Crippen molar-refractivity contribution in [2.45, 2.75) is 19.5 Å². The average molecular weight is 349 g/mol. The number of anilines is 1. The largest absolute Gasteiger partial charge is 0.383 e. The van der Waals surface area contributed by atoms with Crippen LogP contribution in [-0.2, 0) is 16.0 Å². The van der Waals surface area contributed by atoms with Crippen molar-refractivity contribution in [3.8, 4) is 0 Å². The first-order valence-corrected chi connectivity index (χ1v) is 7.27. The van der Waals surface area contributed by atoms with Gasteiger partial charge in [0.15, 0.2) is 5.82 Å². The molecule has 2 N–H and O–H groups in total. The molecule has 0 bridgehead atoms. The van der Waals surface area contributed by atoms with E-state index in [9.17, 15) is 4.39 Å². The van der Waals surface area contributed by atoms with Gasteiger partial charge in [-0.3, -0.25) is 0 Å². The molecule has 1 aromatic rings. The molecule has 20 heavy (non-hydrogen) atoms. The van der Waals surface area contributed by atoms with Gasteiger partial charge in [-0.25, -0.2) is 4.39 Å². The van der Waals surface area contributed by atoms with E-state index in [1.165, 1.54) is 0 Å². The highest BCUT2D eigenvalue weighted by molar-refractivity contribution is 9.10. The Bertz CT molecular complexity index is 432. The Morgan fingerprint density at radius 2 is 2.05 bits per heavy atom. The Hall–Kier alpha value is -0.690. The van der Waals surface area contributed by atoms with Crippen molar-refractivity contribution in [3.63, 3.8) is 0 Å². The van der Waals surface area contributed by atoms with Crippen LogP contribution in [0.1, 0.15) is 12.5 Å². The van der Waals surface area contributed by atoms with E-state index in [1.54, 1.807) is 20.3 Å². The fourth-order valence-electron chi connectivity index (χ4n) is 2.06. The molecule has 1 aromatic carbocycles. The van der Waals surface area contributed by atoms with Crippen LogP contribution in [0, 0.1) is 5.82 Å². The van der Waals surface area contributed by atoms with Crippen LogP contribution in [0.25, 0.3) is 0 Å². The van der Waals surface area contributed by atoms with E-state index in [1.807, 2.05) is 17.9 Å². The number of hydrogen-bond donors (Lipinski definition) is 1. The molecule has 0 aliphatic heterocycles. The number of hydrogen-bond acceptors (Lipinski definition) is 4. The van der Waals surface area contributed by atoms with Crippen LogP contribution in [-0.4, -0.2) is 40.0 Å². The zero-order valence-corrected chi connectivity index (χ0v) is 13.7. The third-order valence-corrected chi connectivity index (χ3v) is 4.00. The van der Waals surface area contributed by atoms with Crippen molar-refractivity contribution in [1.82, 2.24) is 0 Å². The number of nitrogens with two attached hydrogens (primary N) is 1. The summed E-state index contributed by atoms with van der Waals surface area (Å²) in [5, 5.41) is 0. The monoisotopic (exact) mass is 348 g/mol. The fourth-order valence-corrected chi connectivity index (χ4v) is 2.55. The third kappa shape index (κ3) is 4.15. The van der Waals surface area contributed by atoms with Gasteiger partial charge in [0.1, 0.15) is 0 Å².